The maximum atomic E-state index is 11.2. The van der Waals surface area contributed by atoms with Crippen LogP contribution in [0, 0.1) is 0 Å². The van der Waals surface area contributed by atoms with Gasteiger partial charge in [0.15, 0.2) is 0 Å². The minimum Gasteiger partial charge on any atom is -0.489 e. The third kappa shape index (κ3) is 3.48. The van der Waals surface area contributed by atoms with Crippen LogP contribution in [0.1, 0.15) is 12.8 Å². The van der Waals surface area contributed by atoms with Crippen LogP contribution >= 0.6 is 0 Å². The van der Waals surface area contributed by atoms with Crippen LogP contribution < -0.4 is 14.8 Å². The fraction of sp³-hybridized carbons (Fsp3) is 0.500. The number of hydrogen-bond acceptors (Lipinski definition) is 5. The Balaban J connectivity index is 2.24. The lowest BCUT2D eigenvalue weighted by molar-refractivity contribution is 0.302. The SMILES string of the molecule is CNc1ncc(OC2CC2)cc1NS(C)(=O)=O. The molecule has 1 aliphatic rings. The van der Waals surface area contributed by atoms with Crippen molar-refractivity contribution in [3.63, 3.8) is 0 Å². The maximum Gasteiger partial charge on any atom is 0.229 e. The number of hydrogen-bond donors (Lipinski definition) is 2. The van der Waals surface area contributed by atoms with E-state index in [1.807, 2.05) is 0 Å². The molecule has 0 amide bonds. The van der Waals surface area contributed by atoms with Gasteiger partial charge in [-0.3, -0.25) is 4.72 Å². The van der Waals surface area contributed by atoms with E-state index < -0.39 is 10.0 Å². The van der Waals surface area contributed by atoms with Crippen molar-refractivity contribution in [2.75, 3.05) is 23.3 Å². The molecule has 1 heterocycles. The van der Waals surface area contributed by atoms with Gasteiger partial charge in [-0.1, -0.05) is 0 Å². The summed E-state index contributed by atoms with van der Waals surface area (Å²) in [5.41, 5.74) is 0.396. The minimum absolute atomic E-state index is 0.253. The van der Waals surface area contributed by atoms with Crippen molar-refractivity contribution in [2.24, 2.45) is 0 Å². The molecule has 0 unspecified atom stereocenters. The predicted molar refractivity (Wildman–Crippen MR) is 65.9 cm³/mol. The number of sulfonamides is 1. The van der Waals surface area contributed by atoms with Gasteiger partial charge in [0.2, 0.25) is 10.0 Å². The van der Waals surface area contributed by atoms with Crippen molar-refractivity contribution in [1.29, 1.82) is 0 Å². The van der Waals surface area contributed by atoms with Crippen LogP contribution in [0.4, 0.5) is 11.5 Å². The van der Waals surface area contributed by atoms with Crippen LogP contribution in [0.5, 0.6) is 5.75 Å². The zero-order valence-electron chi connectivity index (χ0n) is 9.73. The first-order valence-corrected chi connectivity index (χ1v) is 7.19. The number of aromatic nitrogens is 1. The van der Waals surface area contributed by atoms with Gasteiger partial charge >= 0.3 is 0 Å². The fourth-order valence-electron chi connectivity index (χ4n) is 1.37. The first-order chi connectivity index (χ1) is 7.98. The van der Waals surface area contributed by atoms with Crippen LogP contribution in [-0.2, 0) is 10.0 Å². The quantitative estimate of drug-likeness (QED) is 0.823. The van der Waals surface area contributed by atoms with E-state index in [-0.39, 0.29) is 6.10 Å². The average Bonchev–Trinajstić information content (AvgIpc) is 3.00. The van der Waals surface area contributed by atoms with Gasteiger partial charge in [-0.2, -0.15) is 0 Å². The fourth-order valence-corrected chi connectivity index (χ4v) is 1.92. The van der Waals surface area contributed by atoms with E-state index >= 15 is 0 Å². The summed E-state index contributed by atoms with van der Waals surface area (Å²) in [6.45, 7) is 0. The molecule has 7 heteroatoms. The van der Waals surface area contributed by atoms with Crippen LogP contribution in [0.15, 0.2) is 12.3 Å². The lowest BCUT2D eigenvalue weighted by atomic mass is 10.4. The van der Waals surface area contributed by atoms with Crippen molar-refractivity contribution in [2.45, 2.75) is 18.9 Å². The van der Waals surface area contributed by atoms with Gasteiger partial charge in [0, 0.05) is 13.1 Å². The van der Waals surface area contributed by atoms with E-state index in [0.717, 1.165) is 19.1 Å². The molecule has 0 radical (unpaired) electrons. The predicted octanol–water partition coefficient (Wildman–Crippen LogP) is 1.04. The van der Waals surface area contributed by atoms with Gasteiger partial charge in [-0.15, -0.1) is 0 Å². The Morgan fingerprint density at radius 1 is 1.47 bits per heavy atom. The summed E-state index contributed by atoms with van der Waals surface area (Å²) in [5.74, 6) is 1.05. The minimum atomic E-state index is -3.32. The maximum absolute atomic E-state index is 11.2. The Morgan fingerprint density at radius 2 is 2.18 bits per heavy atom. The van der Waals surface area contributed by atoms with E-state index in [1.54, 1.807) is 19.3 Å². The van der Waals surface area contributed by atoms with Gasteiger partial charge in [0.25, 0.3) is 0 Å². The summed E-state index contributed by atoms with van der Waals surface area (Å²) in [6, 6.07) is 1.64. The first-order valence-electron chi connectivity index (χ1n) is 5.30. The van der Waals surface area contributed by atoms with Gasteiger partial charge in [-0.05, 0) is 12.8 Å². The molecule has 94 valence electrons. The van der Waals surface area contributed by atoms with Crippen LogP contribution in [0.3, 0.4) is 0 Å². The molecule has 0 aromatic carbocycles. The molecule has 0 atom stereocenters. The van der Waals surface area contributed by atoms with E-state index in [9.17, 15) is 8.42 Å². The Labute approximate surface area is 100 Å². The number of rotatable bonds is 5. The normalized spacial score (nSPS) is 15.4. The van der Waals surface area contributed by atoms with Crippen molar-refractivity contribution >= 4 is 21.5 Å². The molecule has 0 aliphatic heterocycles. The van der Waals surface area contributed by atoms with Crippen molar-refractivity contribution in [3.05, 3.63) is 12.3 Å². The molecule has 0 bridgehead atoms. The molecule has 1 aromatic rings. The summed E-state index contributed by atoms with van der Waals surface area (Å²) in [6.07, 6.45) is 5.02. The van der Waals surface area contributed by atoms with Crippen LogP contribution in [0.25, 0.3) is 0 Å². The lowest BCUT2D eigenvalue weighted by Gasteiger charge is -2.11. The second kappa shape index (κ2) is 4.40. The summed E-state index contributed by atoms with van der Waals surface area (Å²) >= 11 is 0. The molecule has 1 saturated carbocycles. The highest BCUT2D eigenvalue weighted by molar-refractivity contribution is 7.92. The zero-order chi connectivity index (χ0) is 12.5. The van der Waals surface area contributed by atoms with E-state index in [2.05, 4.69) is 15.0 Å². The van der Waals surface area contributed by atoms with Crippen molar-refractivity contribution < 1.29 is 13.2 Å². The standard InChI is InChI=1S/C10H15N3O3S/c1-11-10-9(13-17(2,14)15)5-8(6-12-10)16-7-3-4-7/h5-7,13H,3-4H2,1-2H3,(H,11,12). The molecule has 17 heavy (non-hydrogen) atoms. The third-order valence-corrected chi connectivity index (χ3v) is 2.81. The smallest absolute Gasteiger partial charge is 0.229 e. The number of pyridine rings is 1. The summed E-state index contributed by atoms with van der Waals surface area (Å²) < 4.78 is 30.4. The molecular weight excluding hydrogens is 242 g/mol. The Hall–Kier alpha value is -1.50. The largest absolute Gasteiger partial charge is 0.489 e. The summed E-state index contributed by atoms with van der Waals surface area (Å²) in [5, 5.41) is 2.82. The molecule has 1 aliphatic carbocycles. The molecule has 1 fully saturated rings. The Bertz CT molecular complexity index is 512. The van der Waals surface area contributed by atoms with E-state index in [1.165, 1.54) is 0 Å². The summed E-state index contributed by atoms with van der Waals surface area (Å²) in [4.78, 5) is 4.10. The Morgan fingerprint density at radius 3 is 2.71 bits per heavy atom. The monoisotopic (exact) mass is 257 g/mol. The third-order valence-electron chi connectivity index (χ3n) is 2.22. The average molecular weight is 257 g/mol. The van der Waals surface area contributed by atoms with Gasteiger partial charge < -0.3 is 10.1 Å². The molecule has 0 saturated heterocycles. The number of ether oxygens (including phenoxy) is 1. The molecule has 2 rings (SSSR count). The zero-order valence-corrected chi connectivity index (χ0v) is 10.5. The highest BCUT2D eigenvalue weighted by atomic mass is 32.2. The topological polar surface area (TPSA) is 80.3 Å². The second-order valence-corrected chi connectivity index (χ2v) is 5.76. The van der Waals surface area contributed by atoms with Gasteiger partial charge in [0.05, 0.1) is 24.2 Å². The second-order valence-electron chi connectivity index (χ2n) is 4.01. The highest BCUT2D eigenvalue weighted by Crippen LogP contribution is 2.30. The number of nitrogens with zero attached hydrogens (tertiary/aromatic N) is 1. The Kier molecular flexibility index (Phi) is 3.10. The van der Waals surface area contributed by atoms with Crippen LogP contribution in [-0.4, -0.2) is 32.8 Å². The molecule has 2 N–H and O–H groups in total. The number of nitrogens with one attached hydrogen (secondary N) is 2. The molecule has 6 nitrogen and oxygen atoms in total. The first kappa shape index (κ1) is 12.0. The number of anilines is 2. The van der Waals surface area contributed by atoms with E-state index in [0.29, 0.717) is 17.3 Å². The van der Waals surface area contributed by atoms with Crippen molar-refractivity contribution in [1.82, 2.24) is 4.98 Å². The summed E-state index contributed by atoms with van der Waals surface area (Å²) in [7, 11) is -1.65. The highest BCUT2D eigenvalue weighted by Gasteiger charge is 2.24. The van der Waals surface area contributed by atoms with Crippen molar-refractivity contribution in [3.8, 4) is 5.75 Å². The van der Waals surface area contributed by atoms with Gasteiger partial charge in [-0.25, -0.2) is 13.4 Å². The molecular formula is C10H15N3O3S. The van der Waals surface area contributed by atoms with Crippen LogP contribution in [0.2, 0.25) is 0 Å². The molecule has 0 spiro atoms. The lowest BCUT2D eigenvalue weighted by Crippen LogP contribution is -2.12. The van der Waals surface area contributed by atoms with E-state index in [4.69, 9.17) is 4.74 Å². The molecule has 1 aromatic heterocycles. The van der Waals surface area contributed by atoms with Gasteiger partial charge in [0.1, 0.15) is 11.6 Å².